The van der Waals surface area contributed by atoms with Gasteiger partial charge in [-0.3, -0.25) is 4.79 Å². The number of carbonyl (C=O) groups is 2. The first-order chi connectivity index (χ1) is 8.13. The minimum absolute atomic E-state index is 0.238. The third-order valence-electron chi connectivity index (χ3n) is 2.12. The predicted octanol–water partition coefficient (Wildman–Crippen LogP) is 2.74. The fourth-order valence-electron chi connectivity index (χ4n) is 1.17. The zero-order valence-corrected chi connectivity index (χ0v) is 10.1. The Morgan fingerprint density at radius 2 is 1.76 bits per heavy atom. The van der Waals surface area contributed by atoms with Crippen LogP contribution in [0.5, 0.6) is 0 Å². The third-order valence-corrected chi connectivity index (χ3v) is 2.12. The van der Waals surface area contributed by atoms with Gasteiger partial charge >= 0.3 is 6.16 Å². The Labute approximate surface area is 101 Å². The highest BCUT2D eigenvalue weighted by Gasteiger charge is 2.10. The smallest absolute Gasteiger partial charge is 0.434 e. The van der Waals surface area contributed by atoms with Crippen molar-refractivity contribution in [3.05, 3.63) is 35.4 Å². The molecule has 92 valence electrons. The van der Waals surface area contributed by atoms with Crippen molar-refractivity contribution >= 4 is 11.9 Å². The van der Waals surface area contributed by atoms with Crippen molar-refractivity contribution in [2.24, 2.45) is 0 Å². The van der Waals surface area contributed by atoms with E-state index in [1.807, 2.05) is 26.0 Å². The van der Waals surface area contributed by atoms with Crippen molar-refractivity contribution in [2.75, 3.05) is 13.2 Å². The molecule has 1 aromatic carbocycles. The van der Waals surface area contributed by atoms with Gasteiger partial charge in [-0.25, -0.2) is 4.79 Å². The monoisotopic (exact) mass is 236 g/mol. The maximum absolute atomic E-state index is 11.6. The Hall–Kier alpha value is -1.84. The van der Waals surface area contributed by atoms with Crippen LogP contribution < -0.4 is 0 Å². The van der Waals surface area contributed by atoms with Gasteiger partial charge in [-0.2, -0.15) is 0 Å². The van der Waals surface area contributed by atoms with Crippen LogP contribution in [0.2, 0.25) is 0 Å². The number of carbonyl (C=O) groups excluding carboxylic acids is 2. The van der Waals surface area contributed by atoms with Crippen LogP contribution in [0.15, 0.2) is 24.3 Å². The molecule has 4 heteroatoms. The molecule has 0 N–H and O–H groups in total. The minimum Gasteiger partial charge on any atom is -0.434 e. The Balaban J connectivity index is 2.39. The molecular formula is C13H16O4. The van der Waals surface area contributed by atoms with Crippen LogP contribution in [-0.2, 0) is 9.47 Å². The maximum atomic E-state index is 11.6. The lowest BCUT2D eigenvalue weighted by atomic mass is 10.1. The fraction of sp³-hybridized carbons (Fsp3) is 0.385. The van der Waals surface area contributed by atoms with Gasteiger partial charge < -0.3 is 9.47 Å². The largest absolute Gasteiger partial charge is 0.508 e. The van der Waals surface area contributed by atoms with Crippen LogP contribution in [-0.4, -0.2) is 25.2 Å². The van der Waals surface area contributed by atoms with E-state index in [0.29, 0.717) is 12.2 Å². The van der Waals surface area contributed by atoms with Gasteiger partial charge in [-0.15, -0.1) is 0 Å². The number of Topliss-reactive ketones (excluding diaryl/α,β-unsaturated/α-hetero) is 1. The molecule has 0 radical (unpaired) electrons. The van der Waals surface area contributed by atoms with Gasteiger partial charge in [0, 0.05) is 5.56 Å². The molecule has 0 saturated carbocycles. The van der Waals surface area contributed by atoms with Crippen molar-refractivity contribution in [1.82, 2.24) is 0 Å². The fourth-order valence-corrected chi connectivity index (χ4v) is 1.17. The molecule has 0 aromatic heterocycles. The molecule has 0 fully saturated rings. The summed E-state index contributed by atoms with van der Waals surface area (Å²) in [5, 5.41) is 0. The molecule has 0 spiro atoms. The molecule has 0 aliphatic heterocycles. The first-order valence-electron chi connectivity index (χ1n) is 5.53. The summed E-state index contributed by atoms with van der Waals surface area (Å²) in [7, 11) is 0. The topological polar surface area (TPSA) is 52.6 Å². The molecule has 0 aliphatic carbocycles. The van der Waals surface area contributed by atoms with E-state index < -0.39 is 6.16 Å². The van der Waals surface area contributed by atoms with Crippen molar-refractivity contribution in [1.29, 1.82) is 0 Å². The summed E-state index contributed by atoms with van der Waals surface area (Å²) in [5.41, 5.74) is 1.60. The summed E-state index contributed by atoms with van der Waals surface area (Å²) in [6.07, 6.45) is -0.0756. The van der Waals surface area contributed by atoms with Gasteiger partial charge in [0.15, 0.2) is 12.4 Å². The Bertz CT molecular complexity index is 381. The van der Waals surface area contributed by atoms with Gasteiger partial charge in [0.1, 0.15) is 0 Å². The molecule has 0 saturated heterocycles. The first kappa shape index (κ1) is 13.2. The lowest BCUT2D eigenvalue weighted by Gasteiger charge is -2.04. The molecule has 4 nitrogen and oxygen atoms in total. The summed E-state index contributed by atoms with van der Waals surface area (Å²) in [6.45, 7) is 3.83. The van der Waals surface area contributed by atoms with E-state index in [0.717, 1.165) is 12.0 Å². The average molecular weight is 236 g/mol. The molecule has 17 heavy (non-hydrogen) atoms. The third kappa shape index (κ3) is 4.68. The van der Waals surface area contributed by atoms with E-state index >= 15 is 0 Å². The van der Waals surface area contributed by atoms with Crippen LogP contribution >= 0.6 is 0 Å². The number of ether oxygens (including phenoxy) is 2. The maximum Gasteiger partial charge on any atom is 0.508 e. The lowest BCUT2D eigenvalue weighted by Crippen LogP contribution is -2.15. The molecule has 0 atom stereocenters. The van der Waals surface area contributed by atoms with Gasteiger partial charge in [0.25, 0.3) is 0 Å². The second-order valence-corrected chi connectivity index (χ2v) is 3.68. The SMILES string of the molecule is CCCOC(=O)OCC(=O)c1ccc(C)cc1. The number of hydrogen-bond acceptors (Lipinski definition) is 4. The second kappa shape index (κ2) is 6.68. The zero-order chi connectivity index (χ0) is 12.7. The van der Waals surface area contributed by atoms with E-state index in [-0.39, 0.29) is 12.4 Å². The quantitative estimate of drug-likeness (QED) is 0.582. The molecule has 0 unspecified atom stereocenters. The highest BCUT2D eigenvalue weighted by Crippen LogP contribution is 2.04. The zero-order valence-electron chi connectivity index (χ0n) is 10.1. The molecule has 1 aromatic rings. The number of benzene rings is 1. The van der Waals surface area contributed by atoms with Crippen molar-refractivity contribution < 1.29 is 19.1 Å². The van der Waals surface area contributed by atoms with Crippen LogP contribution in [0, 0.1) is 6.92 Å². The summed E-state index contributed by atoms with van der Waals surface area (Å²) < 4.78 is 9.36. The van der Waals surface area contributed by atoms with Crippen LogP contribution in [0.4, 0.5) is 4.79 Å². The molecule has 0 aliphatic rings. The molecule has 0 heterocycles. The van der Waals surface area contributed by atoms with Gasteiger partial charge in [-0.1, -0.05) is 36.8 Å². The van der Waals surface area contributed by atoms with Crippen molar-refractivity contribution in [3.8, 4) is 0 Å². The highest BCUT2D eigenvalue weighted by molar-refractivity contribution is 5.97. The van der Waals surface area contributed by atoms with Crippen LogP contribution in [0.1, 0.15) is 29.3 Å². The second-order valence-electron chi connectivity index (χ2n) is 3.68. The van der Waals surface area contributed by atoms with E-state index in [1.54, 1.807) is 12.1 Å². The Morgan fingerprint density at radius 3 is 2.35 bits per heavy atom. The number of ketones is 1. The van der Waals surface area contributed by atoms with Gasteiger partial charge in [0.2, 0.25) is 0 Å². The standard InChI is InChI=1S/C13H16O4/c1-3-8-16-13(15)17-9-12(14)11-6-4-10(2)5-7-11/h4-7H,3,8-9H2,1-2H3. The number of hydrogen-bond donors (Lipinski definition) is 0. The van der Waals surface area contributed by atoms with E-state index in [9.17, 15) is 9.59 Å². The molecule has 1 rings (SSSR count). The normalized spacial score (nSPS) is 9.76. The molecule has 0 amide bonds. The van der Waals surface area contributed by atoms with E-state index in [2.05, 4.69) is 9.47 Å². The summed E-state index contributed by atoms with van der Waals surface area (Å²) in [4.78, 5) is 22.6. The van der Waals surface area contributed by atoms with Crippen LogP contribution in [0.3, 0.4) is 0 Å². The highest BCUT2D eigenvalue weighted by atomic mass is 16.7. The summed E-state index contributed by atoms with van der Waals surface area (Å²) in [5.74, 6) is -0.238. The van der Waals surface area contributed by atoms with Crippen molar-refractivity contribution in [3.63, 3.8) is 0 Å². The van der Waals surface area contributed by atoms with Crippen molar-refractivity contribution in [2.45, 2.75) is 20.3 Å². The Kier molecular flexibility index (Phi) is 5.20. The lowest BCUT2D eigenvalue weighted by molar-refractivity contribution is 0.0498. The molecule has 0 bridgehead atoms. The summed E-state index contributed by atoms with van der Waals surface area (Å²) >= 11 is 0. The molecular weight excluding hydrogens is 220 g/mol. The van der Waals surface area contributed by atoms with Gasteiger partial charge in [-0.05, 0) is 13.3 Å². The van der Waals surface area contributed by atoms with Crippen LogP contribution in [0.25, 0.3) is 0 Å². The number of rotatable bonds is 5. The van der Waals surface area contributed by atoms with E-state index in [1.165, 1.54) is 0 Å². The first-order valence-corrected chi connectivity index (χ1v) is 5.53. The average Bonchev–Trinajstić information content (AvgIpc) is 2.34. The number of aryl methyl sites for hydroxylation is 1. The minimum atomic E-state index is -0.799. The van der Waals surface area contributed by atoms with Gasteiger partial charge in [0.05, 0.1) is 6.61 Å². The summed E-state index contributed by atoms with van der Waals surface area (Å²) in [6, 6.07) is 7.09. The Morgan fingerprint density at radius 1 is 1.12 bits per heavy atom. The van der Waals surface area contributed by atoms with E-state index in [4.69, 9.17) is 0 Å². The predicted molar refractivity (Wildman–Crippen MR) is 63.1 cm³/mol.